The van der Waals surface area contributed by atoms with Crippen LogP contribution in [0.2, 0.25) is 0 Å². The van der Waals surface area contributed by atoms with Crippen LogP contribution >= 0.6 is 34.9 Å². The Morgan fingerprint density at radius 3 is 2.66 bits per heavy atom. The molecular formula is C27H39FN6O7S3. The molecule has 2 aliphatic rings. The van der Waals surface area contributed by atoms with E-state index in [0.717, 1.165) is 36.8 Å². The molecule has 17 heteroatoms. The average molecular weight is 675 g/mol. The van der Waals surface area contributed by atoms with E-state index < -0.39 is 57.6 Å². The summed E-state index contributed by atoms with van der Waals surface area (Å²) in [5, 5.41) is 57.5. The number of aliphatic hydroxyl groups is 3. The third-order valence-electron chi connectivity index (χ3n) is 8.12. The number of rotatable bonds is 12. The zero-order chi connectivity index (χ0) is 32.3. The Hall–Kier alpha value is -2.12. The molecule has 4 rings (SSSR count). The second-order valence-electron chi connectivity index (χ2n) is 11.1. The quantitative estimate of drug-likeness (QED) is 0.126. The standard InChI is InChI=1S/C27H39FN6O7S3/c1-6-7-13-8-18(33(4)11-13)24(38)30-19(23-21(36)20(35)22(37)26(41-23)42-5)12(2)43-27-32-31-25(44-27)14-9-16(29-3)15(28)10-17(14)34(39)40/h9-10,12-13,18-23,26,29,35-37H,6-8,11H2,1-5H3,(H,30,38)/t12-,13+,18-,19+,20-,21+,22+,23+,26+/m0/s1. The number of halogens is 1. The molecule has 244 valence electrons. The Morgan fingerprint density at radius 1 is 1.30 bits per heavy atom. The van der Waals surface area contributed by atoms with Crippen molar-refractivity contribution in [3.63, 3.8) is 0 Å². The Kier molecular flexibility index (Phi) is 11.8. The number of likely N-dealkylation sites (N-methyl/N-ethyl adjacent to an activating group) is 1. The first kappa shape index (κ1) is 34.7. The number of hydrogen-bond donors (Lipinski definition) is 5. The number of anilines is 1. The fourth-order valence-electron chi connectivity index (χ4n) is 5.80. The van der Waals surface area contributed by atoms with E-state index >= 15 is 0 Å². The second-order valence-corrected chi connectivity index (χ2v) is 14.6. The van der Waals surface area contributed by atoms with Gasteiger partial charge in [0.1, 0.15) is 29.9 Å². The lowest BCUT2D eigenvalue weighted by molar-refractivity contribution is -0.384. The average Bonchev–Trinajstić information content (AvgIpc) is 3.61. The third-order valence-corrected chi connectivity index (χ3v) is 11.2. The van der Waals surface area contributed by atoms with Crippen molar-refractivity contribution in [2.75, 3.05) is 32.2 Å². The molecule has 2 saturated heterocycles. The lowest BCUT2D eigenvalue weighted by Crippen LogP contribution is -2.65. The largest absolute Gasteiger partial charge is 0.388 e. The van der Waals surface area contributed by atoms with E-state index in [1.165, 1.54) is 36.6 Å². The van der Waals surface area contributed by atoms with Gasteiger partial charge in [0.05, 0.1) is 34.3 Å². The van der Waals surface area contributed by atoms with Crippen LogP contribution in [0.25, 0.3) is 10.6 Å². The van der Waals surface area contributed by atoms with Crippen LogP contribution in [0.5, 0.6) is 0 Å². The van der Waals surface area contributed by atoms with Gasteiger partial charge in [0.25, 0.3) is 5.69 Å². The van der Waals surface area contributed by atoms with E-state index in [1.54, 1.807) is 13.2 Å². The molecule has 0 bridgehead atoms. The molecule has 44 heavy (non-hydrogen) atoms. The molecule has 1 amide bonds. The fourth-order valence-corrected chi connectivity index (χ4v) is 8.74. The van der Waals surface area contributed by atoms with Crippen LogP contribution in [0.1, 0.15) is 33.1 Å². The van der Waals surface area contributed by atoms with Gasteiger partial charge in [0.2, 0.25) is 5.91 Å². The number of hydrogen-bond acceptors (Lipinski definition) is 14. The number of aromatic nitrogens is 2. The molecule has 0 radical (unpaired) electrons. The first-order chi connectivity index (χ1) is 20.9. The molecule has 13 nitrogen and oxygen atoms in total. The Morgan fingerprint density at radius 2 is 2.02 bits per heavy atom. The zero-order valence-corrected chi connectivity index (χ0v) is 27.5. The Balaban J connectivity index is 1.61. The van der Waals surface area contributed by atoms with Crippen molar-refractivity contribution in [3.8, 4) is 10.6 Å². The molecule has 9 atom stereocenters. The summed E-state index contributed by atoms with van der Waals surface area (Å²) < 4.78 is 20.8. The number of nitrogens with one attached hydrogen (secondary N) is 2. The van der Waals surface area contributed by atoms with Crippen molar-refractivity contribution in [1.82, 2.24) is 20.4 Å². The predicted molar refractivity (Wildman–Crippen MR) is 168 cm³/mol. The van der Waals surface area contributed by atoms with Gasteiger partial charge in [-0.25, -0.2) is 4.39 Å². The Bertz CT molecular complexity index is 1320. The normalized spacial score (nSPS) is 28.9. The van der Waals surface area contributed by atoms with Crippen LogP contribution in [0.3, 0.4) is 0 Å². The summed E-state index contributed by atoms with van der Waals surface area (Å²) in [6.07, 6.45) is -0.970. The summed E-state index contributed by atoms with van der Waals surface area (Å²) >= 11 is 3.45. The van der Waals surface area contributed by atoms with Crippen molar-refractivity contribution >= 4 is 52.1 Å². The fraction of sp³-hybridized carbons (Fsp3) is 0.667. The number of benzene rings is 1. The van der Waals surface area contributed by atoms with Gasteiger partial charge in [0.15, 0.2) is 15.2 Å². The maximum absolute atomic E-state index is 14.3. The number of carbonyl (C=O) groups excluding carboxylic acids is 1. The highest BCUT2D eigenvalue weighted by molar-refractivity contribution is 8.01. The maximum Gasteiger partial charge on any atom is 0.282 e. The van der Waals surface area contributed by atoms with Crippen LogP contribution in [0.4, 0.5) is 15.8 Å². The molecule has 0 saturated carbocycles. The van der Waals surface area contributed by atoms with Gasteiger partial charge >= 0.3 is 0 Å². The molecular weight excluding hydrogens is 636 g/mol. The predicted octanol–water partition coefficient (Wildman–Crippen LogP) is 2.55. The van der Waals surface area contributed by atoms with E-state index in [1.807, 2.05) is 11.9 Å². The molecule has 2 fully saturated rings. The van der Waals surface area contributed by atoms with E-state index in [9.17, 15) is 34.6 Å². The van der Waals surface area contributed by atoms with Crippen molar-refractivity contribution < 1.29 is 34.2 Å². The second kappa shape index (κ2) is 15.0. The van der Waals surface area contributed by atoms with Gasteiger partial charge in [0, 0.05) is 18.8 Å². The number of aliphatic hydroxyl groups excluding tert-OH is 3. The van der Waals surface area contributed by atoms with Crippen molar-refractivity contribution in [3.05, 3.63) is 28.1 Å². The minimum absolute atomic E-state index is 0.0664. The molecule has 2 aromatic rings. The zero-order valence-electron chi connectivity index (χ0n) is 25.0. The number of carbonyl (C=O) groups is 1. The van der Waals surface area contributed by atoms with Gasteiger partial charge in [-0.15, -0.1) is 22.0 Å². The summed E-state index contributed by atoms with van der Waals surface area (Å²) in [6, 6.07) is 0.923. The summed E-state index contributed by atoms with van der Waals surface area (Å²) in [6.45, 7) is 4.70. The number of nitro groups is 1. The molecule has 0 aliphatic carbocycles. The third kappa shape index (κ3) is 7.46. The smallest absolute Gasteiger partial charge is 0.282 e. The molecule has 1 aromatic carbocycles. The maximum atomic E-state index is 14.3. The summed E-state index contributed by atoms with van der Waals surface area (Å²) in [5.41, 5.74) is -1.13. The van der Waals surface area contributed by atoms with Crippen LogP contribution in [-0.4, -0.2) is 115 Å². The highest BCUT2D eigenvalue weighted by Crippen LogP contribution is 2.40. The van der Waals surface area contributed by atoms with Crippen LogP contribution in [0, 0.1) is 21.8 Å². The number of ether oxygens (including phenoxy) is 1. The SMILES string of the molecule is CCC[C@@H]1C[C@@H](C(=O)N[C@@H]([C@H]2O[C@H](SC)[C@H](O)[C@@H](O)[C@H]2O)[C@H](C)Sc2nnc(-c3cc(NC)c(F)cc3[N+](=O)[O-])s2)N(C)C1. The summed E-state index contributed by atoms with van der Waals surface area (Å²) in [7, 11) is 3.40. The van der Waals surface area contributed by atoms with E-state index in [2.05, 4.69) is 27.8 Å². The lowest BCUT2D eigenvalue weighted by Gasteiger charge is -2.44. The van der Waals surface area contributed by atoms with Crippen LogP contribution in [0.15, 0.2) is 16.5 Å². The van der Waals surface area contributed by atoms with E-state index in [4.69, 9.17) is 4.74 Å². The van der Waals surface area contributed by atoms with Gasteiger partial charge in [-0.3, -0.25) is 19.8 Å². The van der Waals surface area contributed by atoms with Gasteiger partial charge in [-0.2, -0.15) is 0 Å². The molecule has 2 aliphatic heterocycles. The van der Waals surface area contributed by atoms with E-state index in [0.29, 0.717) is 16.7 Å². The number of thioether (sulfide) groups is 2. The van der Waals surface area contributed by atoms with Crippen LogP contribution < -0.4 is 10.6 Å². The van der Waals surface area contributed by atoms with Crippen molar-refractivity contribution in [2.24, 2.45) is 5.92 Å². The topological polar surface area (TPSA) is 183 Å². The minimum Gasteiger partial charge on any atom is -0.388 e. The summed E-state index contributed by atoms with van der Waals surface area (Å²) in [5.74, 6) is -0.621. The van der Waals surface area contributed by atoms with Gasteiger partial charge in [-0.05, 0) is 38.1 Å². The first-order valence-corrected chi connectivity index (χ1v) is 17.3. The van der Waals surface area contributed by atoms with Crippen molar-refractivity contribution in [2.45, 2.75) is 84.6 Å². The van der Waals surface area contributed by atoms with Gasteiger partial charge < -0.3 is 30.7 Å². The monoisotopic (exact) mass is 674 g/mol. The highest BCUT2D eigenvalue weighted by atomic mass is 32.2. The number of nitro benzene ring substituents is 1. The number of nitrogens with zero attached hydrogens (tertiary/aromatic N) is 4. The minimum atomic E-state index is -1.50. The summed E-state index contributed by atoms with van der Waals surface area (Å²) in [4.78, 5) is 26.6. The molecule has 1 aromatic heterocycles. The molecule has 5 N–H and O–H groups in total. The van der Waals surface area contributed by atoms with Gasteiger partial charge in [-0.1, -0.05) is 43.4 Å². The van der Waals surface area contributed by atoms with E-state index in [-0.39, 0.29) is 28.2 Å². The number of amides is 1. The lowest BCUT2D eigenvalue weighted by atomic mass is 9.92. The molecule has 0 spiro atoms. The molecule has 3 heterocycles. The number of likely N-dealkylation sites (tertiary alicyclic amines) is 1. The van der Waals surface area contributed by atoms with Crippen molar-refractivity contribution in [1.29, 1.82) is 0 Å². The first-order valence-electron chi connectivity index (χ1n) is 14.3. The highest BCUT2D eigenvalue weighted by Gasteiger charge is 2.49. The van der Waals surface area contributed by atoms with Crippen LogP contribution in [-0.2, 0) is 9.53 Å². The molecule has 0 unspecified atom stereocenters. The Labute approximate surface area is 267 Å².